The van der Waals surface area contributed by atoms with Gasteiger partial charge in [0.2, 0.25) is 0 Å². The average molecular weight is 636 g/mol. The van der Waals surface area contributed by atoms with E-state index in [-0.39, 0.29) is 17.9 Å². The van der Waals surface area contributed by atoms with Crippen molar-refractivity contribution in [3.63, 3.8) is 0 Å². The van der Waals surface area contributed by atoms with Crippen molar-refractivity contribution in [1.82, 2.24) is 15.1 Å². The van der Waals surface area contributed by atoms with Crippen LogP contribution in [0.1, 0.15) is 59.4 Å². The third-order valence-corrected chi connectivity index (χ3v) is 8.44. The van der Waals surface area contributed by atoms with E-state index in [1.165, 1.54) is 0 Å². The predicted octanol–water partition coefficient (Wildman–Crippen LogP) is 7.45. The van der Waals surface area contributed by atoms with Gasteiger partial charge in [-0.15, -0.1) is 0 Å². The Balaban J connectivity index is 1.19. The zero-order chi connectivity index (χ0) is 33.6. The van der Waals surface area contributed by atoms with Crippen LogP contribution in [-0.4, -0.2) is 74.1 Å². The van der Waals surface area contributed by atoms with E-state index in [2.05, 4.69) is 24.9 Å². The molecule has 1 N–H and O–H groups in total. The van der Waals surface area contributed by atoms with E-state index < -0.39 is 0 Å². The second-order valence-corrected chi connectivity index (χ2v) is 11.9. The minimum atomic E-state index is -0.0291. The van der Waals surface area contributed by atoms with E-state index >= 15 is 0 Å². The van der Waals surface area contributed by atoms with Crippen LogP contribution in [0.4, 0.5) is 0 Å². The number of hydrogen-bond acceptors (Lipinski definition) is 5. The Morgan fingerprint density at radius 2 is 1.55 bits per heavy atom. The number of amides is 2. The van der Waals surface area contributed by atoms with E-state index in [4.69, 9.17) is 9.47 Å². The van der Waals surface area contributed by atoms with Crippen LogP contribution in [0.3, 0.4) is 0 Å². The van der Waals surface area contributed by atoms with E-state index in [1.807, 2.05) is 111 Å². The number of ether oxygens (including phenoxy) is 2. The SMILES string of the molecule is C=C(/C=C\C(=C/C)CCOc1ccc(-c2ccc(C(=O)N3CCNCC3)cc2)cc1)OC(CC)CCN(C)C(=O)c1ccc(C)cc1. The quantitative estimate of drug-likeness (QED) is 0.139. The number of nitrogens with zero attached hydrogens (tertiary/aromatic N) is 2. The Morgan fingerprint density at radius 1 is 0.936 bits per heavy atom. The third-order valence-electron chi connectivity index (χ3n) is 8.44. The van der Waals surface area contributed by atoms with Gasteiger partial charge >= 0.3 is 0 Å². The lowest BCUT2D eigenvalue weighted by Crippen LogP contribution is -2.46. The summed E-state index contributed by atoms with van der Waals surface area (Å²) < 4.78 is 12.1. The van der Waals surface area contributed by atoms with Gasteiger partial charge in [-0.3, -0.25) is 9.59 Å². The van der Waals surface area contributed by atoms with Crippen LogP contribution < -0.4 is 10.1 Å². The van der Waals surface area contributed by atoms with Gasteiger partial charge in [-0.05, 0) is 79.4 Å². The number of aryl methyl sites for hydroxylation is 1. The molecule has 1 aliphatic heterocycles. The molecule has 3 aromatic rings. The minimum absolute atomic E-state index is 0.0137. The fourth-order valence-electron chi connectivity index (χ4n) is 5.37. The van der Waals surface area contributed by atoms with E-state index in [0.29, 0.717) is 24.5 Å². The summed E-state index contributed by atoms with van der Waals surface area (Å²) in [7, 11) is 1.83. The van der Waals surface area contributed by atoms with Crippen LogP contribution in [0.5, 0.6) is 5.75 Å². The average Bonchev–Trinajstić information content (AvgIpc) is 3.11. The highest BCUT2D eigenvalue weighted by Crippen LogP contribution is 2.24. The van der Waals surface area contributed by atoms with Gasteiger partial charge in [-0.2, -0.15) is 0 Å². The number of rotatable bonds is 15. The van der Waals surface area contributed by atoms with Gasteiger partial charge in [-0.1, -0.05) is 67.6 Å². The first-order valence-electron chi connectivity index (χ1n) is 16.6. The summed E-state index contributed by atoms with van der Waals surface area (Å²) in [6, 6.07) is 23.5. The topological polar surface area (TPSA) is 71.1 Å². The second-order valence-electron chi connectivity index (χ2n) is 11.9. The van der Waals surface area contributed by atoms with Crippen LogP contribution in [0.2, 0.25) is 0 Å². The van der Waals surface area contributed by atoms with Crippen LogP contribution in [0.15, 0.2) is 109 Å². The van der Waals surface area contributed by atoms with Crippen molar-refractivity contribution in [3.8, 4) is 16.9 Å². The highest BCUT2D eigenvalue weighted by molar-refractivity contribution is 5.95. The van der Waals surface area contributed by atoms with Gasteiger partial charge < -0.3 is 24.6 Å². The molecule has 1 unspecified atom stereocenters. The Morgan fingerprint density at radius 3 is 2.17 bits per heavy atom. The summed E-state index contributed by atoms with van der Waals surface area (Å²) in [6.07, 6.45) is 8.25. The number of carbonyl (C=O) groups is 2. The van der Waals surface area contributed by atoms with Crippen molar-refractivity contribution in [3.05, 3.63) is 126 Å². The molecule has 7 nitrogen and oxygen atoms in total. The van der Waals surface area contributed by atoms with Gasteiger partial charge in [0.05, 0.1) is 6.61 Å². The molecule has 248 valence electrons. The van der Waals surface area contributed by atoms with Crippen LogP contribution in [0, 0.1) is 6.92 Å². The number of hydrogen-bond donors (Lipinski definition) is 1. The molecule has 0 aliphatic carbocycles. The fourth-order valence-corrected chi connectivity index (χ4v) is 5.37. The van der Waals surface area contributed by atoms with Gasteiger partial charge in [0.15, 0.2) is 0 Å². The lowest BCUT2D eigenvalue weighted by molar-refractivity contribution is 0.0721. The summed E-state index contributed by atoms with van der Waals surface area (Å²) in [5, 5.41) is 3.28. The maximum Gasteiger partial charge on any atom is 0.253 e. The number of benzene rings is 3. The van der Waals surface area contributed by atoms with Crippen molar-refractivity contribution < 1.29 is 19.1 Å². The summed E-state index contributed by atoms with van der Waals surface area (Å²) >= 11 is 0. The number of allylic oxidation sites excluding steroid dienone is 3. The third kappa shape index (κ3) is 10.7. The molecule has 0 bridgehead atoms. The molecule has 0 radical (unpaired) electrons. The van der Waals surface area contributed by atoms with E-state index in [9.17, 15) is 9.59 Å². The maximum atomic E-state index is 12.8. The Kier molecular flexibility index (Phi) is 13.4. The monoisotopic (exact) mass is 635 g/mol. The summed E-state index contributed by atoms with van der Waals surface area (Å²) in [5.41, 5.74) is 5.81. The van der Waals surface area contributed by atoms with Crippen molar-refractivity contribution in [2.45, 2.75) is 46.1 Å². The lowest BCUT2D eigenvalue weighted by Gasteiger charge is -2.27. The first kappa shape index (κ1) is 35.2. The van der Waals surface area contributed by atoms with Gasteiger partial charge in [0.1, 0.15) is 17.6 Å². The van der Waals surface area contributed by atoms with Crippen molar-refractivity contribution in [2.75, 3.05) is 46.4 Å². The molecule has 0 aromatic heterocycles. The minimum Gasteiger partial charge on any atom is -0.493 e. The number of nitrogens with one attached hydrogen (secondary N) is 1. The molecule has 1 heterocycles. The van der Waals surface area contributed by atoms with Crippen LogP contribution in [0.25, 0.3) is 11.1 Å². The smallest absolute Gasteiger partial charge is 0.253 e. The van der Waals surface area contributed by atoms with Crippen molar-refractivity contribution in [1.29, 1.82) is 0 Å². The molecule has 2 amide bonds. The van der Waals surface area contributed by atoms with Crippen LogP contribution in [-0.2, 0) is 4.74 Å². The van der Waals surface area contributed by atoms with E-state index in [0.717, 1.165) is 79.0 Å². The van der Waals surface area contributed by atoms with Gasteiger partial charge in [0.25, 0.3) is 11.8 Å². The molecule has 47 heavy (non-hydrogen) atoms. The Labute approximate surface area is 280 Å². The molecular formula is C40H49N3O4. The second kappa shape index (κ2) is 17.9. The normalized spacial score (nSPS) is 14.1. The zero-order valence-corrected chi connectivity index (χ0v) is 28.3. The predicted molar refractivity (Wildman–Crippen MR) is 191 cm³/mol. The highest BCUT2D eigenvalue weighted by atomic mass is 16.5. The number of carbonyl (C=O) groups excluding carboxylic acids is 2. The lowest BCUT2D eigenvalue weighted by atomic mass is 10.0. The van der Waals surface area contributed by atoms with E-state index in [1.54, 1.807) is 4.90 Å². The molecule has 1 atom stereocenters. The molecule has 3 aromatic carbocycles. The first-order chi connectivity index (χ1) is 22.8. The summed E-state index contributed by atoms with van der Waals surface area (Å²) in [6.45, 7) is 14.5. The first-order valence-corrected chi connectivity index (χ1v) is 16.6. The Hall–Kier alpha value is -4.62. The maximum absolute atomic E-state index is 12.8. The zero-order valence-electron chi connectivity index (χ0n) is 28.3. The van der Waals surface area contributed by atoms with Gasteiger partial charge in [-0.25, -0.2) is 0 Å². The number of piperazine rings is 1. The molecular weight excluding hydrogens is 586 g/mol. The summed E-state index contributed by atoms with van der Waals surface area (Å²) in [5.74, 6) is 1.51. The van der Waals surface area contributed by atoms with Crippen molar-refractivity contribution in [2.24, 2.45) is 0 Å². The molecule has 1 aliphatic rings. The van der Waals surface area contributed by atoms with Gasteiger partial charge in [0, 0.05) is 63.7 Å². The molecule has 1 fully saturated rings. The highest BCUT2D eigenvalue weighted by Gasteiger charge is 2.18. The Bertz CT molecular complexity index is 1520. The van der Waals surface area contributed by atoms with Crippen molar-refractivity contribution >= 4 is 11.8 Å². The molecule has 0 saturated carbocycles. The molecule has 7 heteroatoms. The summed E-state index contributed by atoms with van der Waals surface area (Å²) in [4.78, 5) is 29.1. The molecule has 1 saturated heterocycles. The largest absolute Gasteiger partial charge is 0.493 e. The standard InChI is InChI=1S/C40H49N3O4/c1-6-32(11-10-31(4)47-37(7-2)22-26-42(5)39(44)35-12-8-30(3)9-13-35)23-29-46-38-20-18-34(19-21-38)33-14-16-36(17-15-33)40(45)43-27-24-41-25-28-43/h6,8-21,37,41H,4,7,22-29H2,1-3,5H3/b11-10-,32-6+. The molecule has 0 spiro atoms. The van der Waals surface area contributed by atoms with Crippen LogP contribution >= 0.6 is 0 Å². The fraction of sp³-hybridized carbons (Fsp3) is 0.350. The molecule has 4 rings (SSSR count).